The molecular formula is C12H8F5NOS. The van der Waals surface area contributed by atoms with E-state index in [-0.39, 0.29) is 16.2 Å². The van der Waals surface area contributed by atoms with Crippen molar-refractivity contribution in [2.75, 3.05) is 7.05 Å². The molecule has 0 amide bonds. The van der Waals surface area contributed by atoms with Crippen molar-refractivity contribution >= 4 is 23.1 Å². The minimum Gasteiger partial charge on any atom is -0.382 e. The Bertz CT molecular complexity index is 596. The van der Waals surface area contributed by atoms with Crippen molar-refractivity contribution in [3.63, 3.8) is 0 Å². The van der Waals surface area contributed by atoms with E-state index in [4.69, 9.17) is 0 Å². The van der Waals surface area contributed by atoms with Crippen LogP contribution in [0, 0.1) is 11.6 Å². The first kappa shape index (κ1) is 14.8. The Morgan fingerprint density at radius 2 is 1.85 bits per heavy atom. The molecule has 8 heteroatoms. The first-order chi connectivity index (χ1) is 9.25. The van der Waals surface area contributed by atoms with Gasteiger partial charge < -0.3 is 5.32 Å². The molecule has 0 spiro atoms. The monoisotopic (exact) mass is 309 g/mol. The predicted octanol–water partition coefficient (Wildman–Crippen LogP) is 3.10. The Balaban J connectivity index is 2.47. The highest BCUT2D eigenvalue weighted by atomic mass is 32.2. The molecule has 0 saturated carbocycles. The lowest BCUT2D eigenvalue weighted by Crippen LogP contribution is -2.31. The van der Waals surface area contributed by atoms with Gasteiger partial charge in [0.15, 0.2) is 22.7 Å². The van der Waals surface area contributed by atoms with Gasteiger partial charge in [-0.05, 0) is 17.7 Å². The average molecular weight is 309 g/mol. The number of carbonyl (C=O) groups is 1. The summed E-state index contributed by atoms with van der Waals surface area (Å²) in [6.07, 6.45) is -4.70. The highest BCUT2D eigenvalue weighted by molar-refractivity contribution is 8.05. The van der Waals surface area contributed by atoms with Gasteiger partial charge in [-0.25, -0.2) is 8.78 Å². The van der Waals surface area contributed by atoms with E-state index in [0.717, 1.165) is 12.1 Å². The normalized spacial score (nSPS) is 19.7. The zero-order valence-electron chi connectivity index (χ0n) is 10.0. The van der Waals surface area contributed by atoms with Crippen molar-refractivity contribution in [2.24, 2.45) is 0 Å². The van der Waals surface area contributed by atoms with Crippen molar-refractivity contribution in [2.45, 2.75) is 11.4 Å². The van der Waals surface area contributed by atoms with E-state index >= 15 is 0 Å². The quantitative estimate of drug-likeness (QED) is 0.851. The Hall–Kier alpha value is -1.57. The van der Waals surface area contributed by atoms with Crippen molar-refractivity contribution in [1.82, 2.24) is 5.32 Å². The van der Waals surface area contributed by atoms with Crippen molar-refractivity contribution in [1.29, 1.82) is 0 Å². The number of hydrogen-bond donors (Lipinski definition) is 1. The molecule has 1 N–H and O–H groups in total. The van der Waals surface area contributed by atoms with Gasteiger partial charge in [0, 0.05) is 7.05 Å². The number of nitrogens with one attached hydrogen (secondary N) is 1. The molecule has 1 atom stereocenters. The summed E-state index contributed by atoms with van der Waals surface area (Å²) in [5, 5.41) is 0.245. The molecular weight excluding hydrogens is 301 g/mol. The zero-order chi connectivity index (χ0) is 15.1. The van der Waals surface area contributed by atoms with Crippen LogP contribution in [0.15, 0.2) is 23.2 Å². The summed E-state index contributed by atoms with van der Waals surface area (Å²) in [4.78, 5) is 11.9. The van der Waals surface area contributed by atoms with Gasteiger partial charge in [0.2, 0.25) is 0 Å². The molecule has 0 bridgehead atoms. The van der Waals surface area contributed by atoms with E-state index in [2.05, 4.69) is 5.32 Å². The summed E-state index contributed by atoms with van der Waals surface area (Å²) in [5.74, 6) is -3.53. The third-order valence-corrected chi connectivity index (χ3v) is 4.04. The number of Topliss-reactive ketones (excluding diaryl/α,β-unsaturated/α-hetero) is 1. The smallest absolute Gasteiger partial charge is 0.382 e. The van der Waals surface area contributed by atoms with Gasteiger partial charge in [-0.3, -0.25) is 4.79 Å². The number of thioether (sulfide) groups is 1. The van der Waals surface area contributed by atoms with Crippen LogP contribution in [0.2, 0.25) is 0 Å². The van der Waals surface area contributed by atoms with Gasteiger partial charge >= 0.3 is 6.18 Å². The molecule has 0 fully saturated rings. The maximum absolute atomic E-state index is 13.2. The molecule has 108 valence electrons. The Morgan fingerprint density at radius 3 is 2.35 bits per heavy atom. The number of ketones is 1. The second kappa shape index (κ2) is 5.08. The van der Waals surface area contributed by atoms with E-state index in [9.17, 15) is 26.7 Å². The van der Waals surface area contributed by atoms with Crippen LogP contribution in [0.25, 0.3) is 5.57 Å². The van der Waals surface area contributed by atoms with Gasteiger partial charge in [-0.15, -0.1) is 0 Å². The zero-order valence-corrected chi connectivity index (χ0v) is 10.8. The van der Waals surface area contributed by atoms with Gasteiger partial charge in [0.1, 0.15) is 0 Å². The standard InChI is InChI=1S/C12H8F5NOS/c1-18-11-8(5-2-3-6(13)7(14)4-5)9(19)10(20-11)12(15,16)17/h2-4,10,18H,1H3. The van der Waals surface area contributed by atoms with Gasteiger partial charge in [-0.2, -0.15) is 13.2 Å². The summed E-state index contributed by atoms with van der Waals surface area (Å²) in [7, 11) is 1.36. The Kier molecular flexibility index (Phi) is 3.77. The number of halogens is 5. The summed E-state index contributed by atoms with van der Waals surface area (Å²) in [6, 6.07) is 2.55. The number of hydrogen-bond acceptors (Lipinski definition) is 3. The number of alkyl halides is 3. The highest BCUT2D eigenvalue weighted by Gasteiger charge is 2.51. The largest absolute Gasteiger partial charge is 0.408 e. The Labute approximate surface area is 115 Å². The first-order valence-electron chi connectivity index (χ1n) is 5.40. The Morgan fingerprint density at radius 1 is 1.20 bits per heavy atom. The van der Waals surface area contributed by atoms with Crippen LogP contribution in [0.3, 0.4) is 0 Å². The van der Waals surface area contributed by atoms with E-state index in [0.29, 0.717) is 17.8 Å². The average Bonchev–Trinajstić information content (AvgIpc) is 2.69. The lowest BCUT2D eigenvalue weighted by Gasteiger charge is -2.12. The van der Waals surface area contributed by atoms with Crippen LogP contribution in [-0.2, 0) is 4.79 Å². The van der Waals surface area contributed by atoms with Crippen LogP contribution in [0.1, 0.15) is 5.56 Å². The van der Waals surface area contributed by atoms with E-state index in [1.54, 1.807) is 0 Å². The minimum atomic E-state index is -4.70. The topological polar surface area (TPSA) is 29.1 Å². The van der Waals surface area contributed by atoms with Gasteiger partial charge in [-0.1, -0.05) is 17.8 Å². The van der Waals surface area contributed by atoms with Crippen molar-refractivity contribution < 1.29 is 26.7 Å². The lowest BCUT2D eigenvalue weighted by molar-refractivity contribution is -0.144. The van der Waals surface area contributed by atoms with Crippen molar-refractivity contribution in [3.8, 4) is 0 Å². The third kappa shape index (κ3) is 2.52. The third-order valence-electron chi connectivity index (χ3n) is 2.68. The summed E-state index contributed by atoms with van der Waals surface area (Å²) < 4.78 is 64.2. The van der Waals surface area contributed by atoms with Crippen LogP contribution in [0.4, 0.5) is 22.0 Å². The van der Waals surface area contributed by atoms with Crippen LogP contribution >= 0.6 is 11.8 Å². The number of carbonyl (C=O) groups excluding carboxylic acids is 1. The predicted molar refractivity (Wildman–Crippen MR) is 64.8 cm³/mol. The van der Waals surface area contributed by atoms with Crippen LogP contribution in [-0.4, -0.2) is 24.3 Å². The summed E-state index contributed by atoms with van der Waals surface area (Å²) in [5.41, 5.74) is -0.365. The summed E-state index contributed by atoms with van der Waals surface area (Å²) in [6.45, 7) is 0. The van der Waals surface area contributed by atoms with Gasteiger partial charge in [0.05, 0.1) is 10.6 Å². The molecule has 0 saturated heterocycles. The molecule has 2 rings (SSSR count). The minimum absolute atomic E-state index is 0.0108. The first-order valence-corrected chi connectivity index (χ1v) is 6.28. The molecule has 1 aliphatic rings. The van der Waals surface area contributed by atoms with E-state index in [1.165, 1.54) is 7.05 Å². The molecule has 20 heavy (non-hydrogen) atoms. The molecule has 1 aromatic rings. The molecule has 1 aromatic carbocycles. The van der Waals surface area contributed by atoms with Crippen LogP contribution in [0.5, 0.6) is 0 Å². The fraction of sp³-hybridized carbons (Fsp3) is 0.250. The number of rotatable bonds is 2. The fourth-order valence-electron chi connectivity index (χ4n) is 1.80. The molecule has 0 aromatic heterocycles. The number of benzene rings is 1. The second-order valence-corrected chi connectivity index (χ2v) is 5.10. The van der Waals surface area contributed by atoms with Crippen LogP contribution < -0.4 is 5.32 Å². The second-order valence-electron chi connectivity index (χ2n) is 3.99. The molecule has 0 radical (unpaired) electrons. The summed E-state index contributed by atoms with van der Waals surface area (Å²) >= 11 is 0.316. The van der Waals surface area contributed by atoms with E-state index in [1.807, 2.05) is 0 Å². The number of allylic oxidation sites excluding steroid dienone is 1. The highest BCUT2D eigenvalue weighted by Crippen LogP contribution is 2.45. The van der Waals surface area contributed by atoms with E-state index < -0.39 is 28.8 Å². The maximum atomic E-state index is 13.2. The van der Waals surface area contributed by atoms with Crippen molar-refractivity contribution in [3.05, 3.63) is 40.4 Å². The maximum Gasteiger partial charge on any atom is 0.408 e. The molecule has 0 aliphatic carbocycles. The SMILES string of the molecule is CNC1=C(c2ccc(F)c(F)c2)C(=O)C(C(F)(F)F)S1. The van der Waals surface area contributed by atoms with Gasteiger partial charge in [0.25, 0.3) is 0 Å². The fourth-order valence-corrected chi connectivity index (χ4v) is 2.85. The molecule has 1 heterocycles. The lowest BCUT2D eigenvalue weighted by atomic mass is 10.0. The molecule has 1 aliphatic heterocycles. The molecule has 2 nitrogen and oxygen atoms in total. The molecule has 1 unspecified atom stereocenters.